The van der Waals surface area contributed by atoms with Gasteiger partial charge in [0.05, 0.1) is 26.0 Å². The van der Waals surface area contributed by atoms with Crippen LogP contribution < -0.4 is 10.6 Å². The van der Waals surface area contributed by atoms with Crippen molar-refractivity contribution in [3.05, 3.63) is 16.7 Å². The number of anilines is 2. The summed E-state index contributed by atoms with van der Waals surface area (Å²) in [6.45, 7) is 1.37. The normalized spacial score (nSPS) is 19.7. The van der Waals surface area contributed by atoms with E-state index in [1.807, 2.05) is 4.90 Å². The number of morpholine rings is 1. The van der Waals surface area contributed by atoms with Gasteiger partial charge in [0.1, 0.15) is 0 Å². The highest BCUT2D eigenvalue weighted by molar-refractivity contribution is 9.10. The number of methoxy groups -OCH3 is 1. The van der Waals surface area contributed by atoms with E-state index < -0.39 is 6.04 Å². The van der Waals surface area contributed by atoms with Crippen molar-refractivity contribution in [2.45, 2.75) is 6.04 Å². The SMILES string of the molecule is COC(=O)C1COCCN1c1ncc(Br)cc1N. The summed E-state index contributed by atoms with van der Waals surface area (Å²) < 4.78 is 10.9. The largest absolute Gasteiger partial charge is 0.467 e. The zero-order valence-corrected chi connectivity index (χ0v) is 11.5. The number of nitrogen functional groups attached to an aromatic ring is 1. The lowest BCUT2D eigenvalue weighted by atomic mass is 10.2. The molecule has 6 nitrogen and oxygen atoms in total. The fourth-order valence-corrected chi connectivity index (χ4v) is 2.23. The number of ether oxygens (including phenoxy) is 2. The zero-order valence-electron chi connectivity index (χ0n) is 9.93. The summed E-state index contributed by atoms with van der Waals surface area (Å²) in [4.78, 5) is 17.8. The molecule has 1 saturated heterocycles. The number of halogens is 1. The van der Waals surface area contributed by atoms with Crippen LogP contribution in [0, 0.1) is 0 Å². The van der Waals surface area contributed by atoms with Gasteiger partial charge in [0.15, 0.2) is 11.9 Å². The second kappa shape index (κ2) is 5.53. The molecule has 0 aliphatic carbocycles. The molecule has 18 heavy (non-hydrogen) atoms. The molecule has 0 spiro atoms. The first-order valence-corrected chi connectivity index (χ1v) is 6.26. The van der Waals surface area contributed by atoms with Gasteiger partial charge in [0.25, 0.3) is 0 Å². The van der Waals surface area contributed by atoms with Crippen molar-refractivity contribution in [1.29, 1.82) is 0 Å². The van der Waals surface area contributed by atoms with Crippen molar-refractivity contribution in [2.75, 3.05) is 37.5 Å². The Kier molecular flexibility index (Phi) is 4.03. The molecule has 1 atom stereocenters. The molecule has 1 aromatic rings. The topological polar surface area (TPSA) is 77.7 Å². The molecule has 0 amide bonds. The summed E-state index contributed by atoms with van der Waals surface area (Å²) >= 11 is 3.30. The molecule has 98 valence electrons. The summed E-state index contributed by atoms with van der Waals surface area (Å²) in [5, 5.41) is 0. The van der Waals surface area contributed by atoms with Gasteiger partial charge in [0.2, 0.25) is 0 Å². The van der Waals surface area contributed by atoms with Crippen molar-refractivity contribution >= 4 is 33.4 Å². The van der Waals surface area contributed by atoms with Gasteiger partial charge >= 0.3 is 5.97 Å². The maximum absolute atomic E-state index is 11.7. The van der Waals surface area contributed by atoms with E-state index in [4.69, 9.17) is 15.2 Å². The number of rotatable bonds is 2. The molecule has 7 heteroatoms. The Bertz CT molecular complexity index is 455. The maximum atomic E-state index is 11.7. The van der Waals surface area contributed by atoms with E-state index in [0.717, 1.165) is 4.47 Å². The molecule has 0 aromatic carbocycles. The van der Waals surface area contributed by atoms with Crippen molar-refractivity contribution in [2.24, 2.45) is 0 Å². The van der Waals surface area contributed by atoms with Gasteiger partial charge in [-0.15, -0.1) is 0 Å². The second-order valence-electron chi connectivity index (χ2n) is 3.87. The highest BCUT2D eigenvalue weighted by Crippen LogP contribution is 2.26. The molecule has 2 N–H and O–H groups in total. The highest BCUT2D eigenvalue weighted by atomic mass is 79.9. The van der Waals surface area contributed by atoms with Crippen LogP contribution in [0.5, 0.6) is 0 Å². The van der Waals surface area contributed by atoms with Crippen LogP contribution in [0.25, 0.3) is 0 Å². The first-order chi connectivity index (χ1) is 8.63. The van der Waals surface area contributed by atoms with Crippen molar-refractivity contribution in [1.82, 2.24) is 4.98 Å². The van der Waals surface area contributed by atoms with Gasteiger partial charge < -0.3 is 20.1 Å². The Balaban J connectivity index is 2.30. The van der Waals surface area contributed by atoms with Crippen LogP contribution >= 0.6 is 15.9 Å². The van der Waals surface area contributed by atoms with E-state index in [1.54, 1.807) is 12.3 Å². The maximum Gasteiger partial charge on any atom is 0.330 e. The molecule has 0 radical (unpaired) electrons. The fourth-order valence-electron chi connectivity index (χ4n) is 1.88. The summed E-state index contributed by atoms with van der Waals surface area (Å²) in [5.74, 6) is 0.232. The standard InChI is InChI=1S/C11H14BrN3O3/c1-17-11(16)9-6-18-3-2-15(9)10-8(13)4-7(12)5-14-10/h4-5,9H,2-3,6,13H2,1H3. The number of pyridine rings is 1. The number of hydrogen-bond acceptors (Lipinski definition) is 6. The zero-order chi connectivity index (χ0) is 13.1. The molecule has 2 heterocycles. The minimum absolute atomic E-state index is 0.282. The average molecular weight is 316 g/mol. The van der Waals surface area contributed by atoms with E-state index in [9.17, 15) is 4.79 Å². The number of carbonyl (C=O) groups is 1. The van der Waals surface area contributed by atoms with Crippen molar-refractivity contribution < 1.29 is 14.3 Å². The molecule has 0 saturated carbocycles. The molecular formula is C11H14BrN3O3. The van der Waals surface area contributed by atoms with Crippen LogP contribution in [-0.2, 0) is 14.3 Å². The summed E-state index contributed by atoms with van der Waals surface area (Å²) in [6, 6.07) is 1.26. The molecule has 1 aliphatic heterocycles. The molecule has 2 rings (SSSR count). The Labute approximate surface area is 113 Å². The third kappa shape index (κ3) is 2.56. The molecule has 1 aliphatic rings. The first kappa shape index (κ1) is 13.1. The number of nitrogens with zero attached hydrogens (tertiary/aromatic N) is 2. The average Bonchev–Trinajstić information content (AvgIpc) is 2.38. The Hall–Kier alpha value is -1.34. The van der Waals surface area contributed by atoms with Gasteiger partial charge in [-0.25, -0.2) is 9.78 Å². The monoisotopic (exact) mass is 315 g/mol. The third-order valence-corrected chi connectivity index (χ3v) is 3.17. The summed E-state index contributed by atoms with van der Waals surface area (Å²) in [5.41, 5.74) is 6.44. The third-order valence-electron chi connectivity index (χ3n) is 2.74. The Morgan fingerprint density at radius 2 is 2.50 bits per heavy atom. The quantitative estimate of drug-likeness (QED) is 0.814. The van der Waals surface area contributed by atoms with Gasteiger partial charge in [-0.3, -0.25) is 0 Å². The van der Waals surface area contributed by atoms with E-state index >= 15 is 0 Å². The van der Waals surface area contributed by atoms with Crippen LogP contribution in [0.15, 0.2) is 16.7 Å². The summed E-state index contributed by atoms with van der Waals surface area (Å²) in [7, 11) is 1.35. The van der Waals surface area contributed by atoms with Gasteiger partial charge in [0, 0.05) is 17.2 Å². The van der Waals surface area contributed by atoms with Gasteiger partial charge in [-0.05, 0) is 22.0 Å². The number of esters is 1. The van der Waals surface area contributed by atoms with Crippen molar-refractivity contribution in [3.63, 3.8) is 0 Å². The predicted molar refractivity (Wildman–Crippen MR) is 70.3 cm³/mol. The van der Waals surface area contributed by atoms with E-state index in [0.29, 0.717) is 24.7 Å². The lowest BCUT2D eigenvalue weighted by molar-refractivity contribution is -0.144. The molecular weight excluding hydrogens is 302 g/mol. The lowest BCUT2D eigenvalue weighted by Crippen LogP contribution is -2.51. The van der Waals surface area contributed by atoms with Crippen LogP contribution in [0.4, 0.5) is 11.5 Å². The van der Waals surface area contributed by atoms with Crippen molar-refractivity contribution in [3.8, 4) is 0 Å². The fraction of sp³-hybridized carbons (Fsp3) is 0.455. The van der Waals surface area contributed by atoms with E-state index in [2.05, 4.69) is 20.9 Å². The first-order valence-electron chi connectivity index (χ1n) is 5.46. The molecule has 1 unspecified atom stereocenters. The lowest BCUT2D eigenvalue weighted by Gasteiger charge is -2.35. The van der Waals surface area contributed by atoms with Crippen LogP contribution in [0.3, 0.4) is 0 Å². The van der Waals surface area contributed by atoms with Crippen LogP contribution in [0.1, 0.15) is 0 Å². The minimum atomic E-state index is -0.500. The molecule has 1 fully saturated rings. The number of carbonyl (C=O) groups excluding carboxylic acids is 1. The Morgan fingerprint density at radius 3 is 3.17 bits per heavy atom. The van der Waals surface area contributed by atoms with E-state index in [1.165, 1.54) is 7.11 Å². The van der Waals surface area contributed by atoms with Gasteiger partial charge in [-0.1, -0.05) is 0 Å². The van der Waals surface area contributed by atoms with Crippen LogP contribution in [0.2, 0.25) is 0 Å². The summed E-state index contributed by atoms with van der Waals surface area (Å²) in [6.07, 6.45) is 1.65. The number of nitrogens with two attached hydrogens (primary N) is 1. The predicted octanol–water partition coefficient (Wildman–Crippen LogP) is 0.804. The van der Waals surface area contributed by atoms with E-state index in [-0.39, 0.29) is 12.6 Å². The number of hydrogen-bond donors (Lipinski definition) is 1. The van der Waals surface area contributed by atoms with Crippen LogP contribution in [-0.4, -0.2) is 43.9 Å². The van der Waals surface area contributed by atoms with Gasteiger partial charge in [-0.2, -0.15) is 0 Å². The second-order valence-corrected chi connectivity index (χ2v) is 4.79. The minimum Gasteiger partial charge on any atom is -0.467 e. The number of aromatic nitrogens is 1. The molecule has 0 bridgehead atoms. The molecule has 1 aromatic heterocycles. The Morgan fingerprint density at radius 1 is 1.72 bits per heavy atom. The highest BCUT2D eigenvalue weighted by Gasteiger charge is 2.32. The smallest absolute Gasteiger partial charge is 0.330 e.